The molecule has 2 rings (SSSR count). The van der Waals surface area contributed by atoms with E-state index in [1.54, 1.807) is 12.1 Å². The molecule has 0 radical (unpaired) electrons. The van der Waals surface area contributed by atoms with Gasteiger partial charge >= 0.3 is 0 Å². The lowest BCUT2D eigenvalue weighted by molar-refractivity contribution is 0.102. The van der Waals surface area contributed by atoms with Crippen LogP contribution >= 0.6 is 23.2 Å². The second-order valence-corrected chi connectivity index (χ2v) is 4.97. The monoisotopic (exact) mass is 293 g/mol. The summed E-state index contributed by atoms with van der Waals surface area (Å²) in [6.45, 7) is 1.90. The summed E-state index contributed by atoms with van der Waals surface area (Å²) in [4.78, 5) is 12.2. The van der Waals surface area contributed by atoms with Crippen molar-refractivity contribution in [2.24, 2.45) is 0 Å². The average molecular weight is 294 g/mol. The van der Waals surface area contributed by atoms with Gasteiger partial charge in [-0.25, -0.2) is 0 Å². The molecule has 0 heterocycles. The minimum Gasteiger partial charge on any atom is -0.322 e. The summed E-state index contributed by atoms with van der Waals surface area (Å²) in [6.07, 6.45) is 0. The molecule has 0 aliphatic heterocycles. The Hall–Kier alpha value is -1.51. The number of anilines is 1. The molecule has 0 aliphatic carbocycles. The van der Waals surface area contributed by atoms with Crippen LogP contribution in [0.15, 0.2) is 42.5 Å². The van der Waals surface area contributed by atoms with E-state index in [0.29, 0.717) is 16.5 Å². The van der Waals surface area contributed by atoms with Gasteiger partial charge in [0.05, 0.1) is 0 Å². The SMILES string of the molecule is Cc1cc(Cl)cc(C(=O)Nc2ccccc2CCl)c1. The molecule has 0 saturated heterocycles. The summed E-state index contributed by atoms with van der Waals surface area (Å²) in [7, 11) is 0. The zero-order valence-electron chi connectivity index (χ0n) is 10.4. The lowest BCUT2D eigenvalue weighted by atomic mass is 10.1. The number of carbonyl (C=O) groups is 1. The maximum atomic E-state index is 12.2. The number of alkyl halides is 1. The van der Waals surface area contributed by atoms with Crippen molar-refractivity contribution in [3.05, 3.63) is 64.2 Å². The maximum absolute atomic E-state index is 12.2. The van der Waals surface area contributed by atoms with Crippen molar-refractivity contribution < 1.29 is 4.79 Å². The first kappa shape index (κ1) is 13.9. The average Bonchev–Trinajstić information content (AvgIpc) is 2.38. The Morgan fingerprint density at radius 3 is 2.63 bits per heavy atom. The van der Waals surface area contributed by atoms with Crippen LogP contribution in [-0.2, 0) is 5.88 Å². The number of amides is 1. The fourth-order valence-corrected chi connectivity index (χ4v) is 2.34. The summed E-state index contributed by atoms with van der Waals surface area (Å²) in [5, 5.41) is 3.40. The van der Waals surface area contributed by atoms with Gasteiger partial charge < -0.3 is 5.32 Å². The van der Waals surface area contributed by atoms with Gasteiger partial charge in [0.15, 0.2) is 0 Å². The largest absolute Gasteiger partial charge is 0.322 e. The first-order valence-electron chi connectivity index (χ1n) is 5.82. The van der Waals surface area contributed by atoms with Crippen LogP contribution in [-0.4, -0.2) is 5.91 Å². The molecule has 98 valence electrons. The maximum Gasteiger partial charge on any atom is 0.255 e. The number of rotatable bonds is 3. The van der Waals surface area contributed by atoms with Crippen LogP contribution in [0.2, 0.25) is 5.02 Å². The molecule has 0 spiro atoms. The number of carbonyl (C=O) groups excluding carboxylic acids is 1. The molecule has 0 fully saturated rings. The summed E-state index contributed by atoms with van der Waals surface area (Å²) < 4.78 is 0. The normalized spacial score (nSPS) is 10.3. The van der Waals surface area contributed by atoms with Gasteiger partial charge in [0, 0.05) is 22.2 Å². The second-order valence-electron chi connectivity index (χ2n) is 4.26. The van der Waals surface area contributed by atoms with Gasteiger partial charge in [-0.15, -0.1) is 11.6 Å². The third kappa shape index (κ3) is 3.49. The highest BCUT2D eigenvalue weighted by molar-refractivity contribution is 6.31. The van der Waals surface area contributed by atoms with E-state index in [-0.39, 0.29) is 5.91 Å². The summed E-state index contributed by atoms with van der Waals surface area (Å²) >= 11 is 11.8. The van der Waals surface area contributed by atoms with Gasteiger partial charge in [-0.3, -0.25) is 4.79 Å². The van der Waals surface area contributed by atoms with Crippen molar-refractivity contribution in [1.82, 2.24) is 0 Å². The van der Waals surface area contributed by atoms with Crippen LogP contribution in [0.3, 0.4) is 0 Å². The highest BCUT2D eigenvalue weighted by Crippen LogP contribution is 2.20. The predicted molar refractivity (Wildman–Crippen MR) is 80.1 cm³/mol. The molecule has 2 aromatic carbocycles. The highest BCUT2D eigenvalue weighted by Gasteiger charge is 2.09. The Bertz CT molecular complexity index is 591. The van der Waals surface area contributed by atoms with Crippen molar-refractivity contribution >= 4 is 34.8 Å². The van der Waals surface area contributed by atoms with Crippen LogP contribution < -0.4 is 5.32 Å². The number of benzene rings is 2. The van der Waals surface area contributed by atoms with E-state index in [9.17, 15) is 4.79 Å². The molecule has 0 atom stereocenters. The van der Waals surface area contributed by atoms with Crippen LogP contribution in [0.25, 0.3) is 0 Å². The summed E-state index contributed by atoms with van der Waals surface area (Å²) in [6, 6.07) is 12.7. The van der Waals surface area contributed by atoms with E-state index in [1.807, 2.05) is 37.3 Å². The number of para-hydroxylation sites is 1. The van der Waals surface area contributed by atoms with Crippen LogP contribution in [0.5, 0.6) is 0 Å². The number of hydrogen-bond acceptors (Lipinski definition) is 1. The van der Waals surface area contributed by atoms with Crippen LogP contribution in [0.4, 0.5) is 5.69 Å². The summed E-state index contributed by atoms with van der Waals surface area (Å²) in [5.41, 5.74) is 3.09. The smallest absolute Gasteiger partial charge is 0.255 e. The highest BCUT2D eigenvalue weighted by atomic mass is 35.5. The Kier molecular flexibility index (Phi) is 4.46. The molecule has 0 unspecified atom stereocenters. The first-order valence-corrected chi connectivity index (χ1v) is 6.74. The molecule has 0 aliphatic rings. The van der Waals surface area contributed by atoms with E-state index in [4.69, 9.17) is 23.2 Å². The topological polar surface area (TPSA) is 29.1 Å². The fraction of sp³-hybridized carbons (Fsp3) is 0.133. The molecule has 0 bridgehead atoms. The molecule has 2 aromatic rings. The van der Waals surface area contributed by atoms with E-state index in [1.165, 1.54) is 0 Å². The van der Waals surface area contributed by atoms with Gasteiger partial charge in [-0.1, -0.05) is 29.8 Å². The van der Waals surface area contributed by atoms with E-state index < -0.39 is 0 Å². The van der Waals surface area contributed by atoms with Crippen LogP contribution in [0, 0.1) is 6.92 Å². The lowest BCUT2D eigenvalue weighted by Crippen LogP contribution is -2.13. The zero-order valence-corrected chi connectivity index (χ0v) is 11.9. The van der Waals surface area contributed by atoms with Crippen molar-refractivity contribution in [2.45, 2.75) is 12.8 Å². The van der Waals surface area contributed by atoms with Crippen molar-refractivity contribution in [3.8, 4) is 0 Å². The van der Waals surface area contributed by atoms with E-state index in [0.717, 1.165) is 16.8 Å². The first-order chi connectivity index (χ1) is 9.10. The third-order valence-corrected chi connectivity index (χ3v) is 3.22. The molecule has 0 aromatic heterocycles. The van der Waals surface area contributed by atoms with Gasteiger partial charge in [0.25, 0.3) is 5.91 Å². The van der Waals surface area contributed by atoms with E-state index in [2.05, 4.69) is 5.32 Å². The lowest BCUT2D eigenvalue weighted by Gasteiger charge is -2.09. The van der Waals surface area contributed by atoms with Gasteiger partial charge in [0.1, 0.15) is 0 Å². The quantitative estimate of drug-likeness (QED) is 0.821. The summed E-state index contributed by atoms with van der Waals surface area (Å²) in [5.74, 6) is 0.161. The minimum absolute atomic E-state index is 0.192. The van der Waals surface area contributed by atoms with Crippen LogP contribution in [0.1, 0.15) is 21.5 Å². The van der Waals surface area contributed by atoms with Gasteiger partial charge in [-0.05, 0) is 42.3 Å². The zero-order chi connectivity index (χ0) is 13.8. The number of aryl methyl sites for hydroxylation is 1. The fourth-order valence-electron chi connectivity index (χ4n) is 1.82. The number of hydrogen-bond donors (Lipinski definition) is 1. The Labute approximate surface area is 122 Å². The predicted octanol–water partition coefficient (Wildman–Crippen LogP) is 4.64. The Balaban J connectivity index is 2.25. The molecule has 1 amide bonds. The van der Waals surface area contributed by atoms with Gasteiger partial charge in [-0.2, -0.15) is 0 Å². The third-order valence-electron chi connectivity index (χ3n) is 2.71. The molecule has 0 saturated carbocycles. The molecule has 2 nitrogen and oxygen atoms in total. The molecule has 1 N–H and O–H groups in total. The molecular formula is C15H13Cl2NO. The Morgan fingerprint density at radius 1 is 1.21 bits per heavy atom. The Morgan fingerprint density at radius 2 is 1.95 bits per heavy atom. The molecular weight excluding hydrogens is 281 g/mol. The number of nitrogens with one attached hydrogen (secondary N) is 1. The van der Waals surface area contributed by atoms with Gasteiger partial charge in [0.2, 0.25) is 0 Å². The van der Waals surface area contributed by atoms with Crippen molar-refractivity contribution in [1.29, 1.82) is 0 Å². The number of halogens is 2. The van der Waals surface area contributed by atoms with Crippen molar-refractivity contribution in [3.63, 3.8) is 0 Å². The minimum atomic E-state index is -0.192. The standard InChI is InChI=1S/C15H13Cl2NO/c1-10-6-12(8-13(17)7-10)15(19)18-14-5-3-2-4-11(14)9-16/h2-8H,9H2,1H3,(H,18,19). The molecule has 4 heteroatoms. The van der Waals surface area contributed by atoms with Crippen molar-refractivity contribution in [2.75, 3.05) is 5.32 Å². The van der Waals surface area contributed by atoms with E-state index >= 15 is 0 Å². The second kappa shape index (κ2) is 6.09. The molecule has 19 heavy (non-hydrogen) atoms.